The van der Waals surface area contributed by atoms with E-state index in [0.717, 1.165) is 24.0 Å². The van der Waals surface area contributed by atoms with Crippen molar-refractivity contribution in [3.8, 4) is 22.6 Å². The summed E-state index contributed by atoms with van der Waals surface area (Å²) in [6.45, 7) is 9.86. The molecule has 0 aliphatic carbocycles. The maximum atomic E-state index is 14.9. The molecule has 0 amide bonds. The van der Waals surface area contributed by atoms with Gasteiger partial charge < -0.3 is 19.7 Å². The zero-order chi connectivity index (χ0) is 27.9. The zero-order valence-corrected chi connectivity index (χ0v) is 22.5. The minimum Gasteiger partial charge on any atom is -0.497 e. The molecule has 5 nitrogen and oxygen atoms in total. The molecule has 38 heavy (non-hydrogen) atoms. The average Bonchev–Trinajstić information content (AvgIpc) is 2.91. The van der Waals surface area contributed by atoms with Crippen LogP contribution < -0.4 is 9.47 Å². The molecule has 0 aliphatic rings. The van der Waals surface area contributed by atoms with E-state index in [1.165, 1.54) is 13.2 Å². The van der Waals surface area contributed by atoms with Crippen LogP contribution in [0.25, 0.3) is 11.1 Å². The topological polar surface area (TPSA) is 76.0 Å². The molecule has 3 aromatic carbocycles. The molecule has 3 aromatic rings. The van der Waals surface area contributed by atoms with Crippen molar-refractivity contribution in [3.05, 3.63) is 95.8 Å². The van der Waals surface area contributed by atoms with Gasteiger partial charge in [0.1, 0.15) is 23.9 Å². The lowest BCUT2D eigenvalue weighted by Crippen LogP contribution is -2.20. The number of hydrogen-bond donors (Lipinski definition) is 2. The highest BCUT2D eigenvalue weighted by Gasteiger charge is 2.29. The van der Waals surface area contributed by atoms with E-state index in [4.69, 9.17) is 9.47 Å². The third-order valence-electron chi connectivity index (χ3n) is 6.90. The van der Waals surface area contributed by atoms with Gasteiger partial charge in [-0.25, -0.2) is 4.39 Å². The fraction of sp³-hybridized carbons (Fsp3) is 0.344. The Morgan fingerprint density at radius 3 is 2.50 bits per heavy atom. The Balaban J connectivity index is 1.94. The number of aliphatic hydroxyl groups excluding tert-OH is 1. The number of methoxy groups -OCH3 is 1. The van der Waals surface area contributed by atoms with Crippen LogP contribution in [0.15, 0.2) is 73.3 Å². The van der Waals surface area contributed by atoms with Gasteiger partial charge in [-0.3, -0.25) is 4.79 Å². The number of carboxylic acid groups (broad SMARTS) is 1. The Kier molecular flexibility index (Phi) is 9.70. The molecular formula is C32H37FO5. The number of halogens is 1. The van der Waals surface area contributed by atoms with E-state index in [2.05, 4.69) is 6.58 Å². The summed E-state index contributed by atoms with van der Waals surface area (Å²) in [7, 11) is 1.52. The summed E-state index contributed by atoms with van der Waals surface area (Å²) in [5, 5.41) is 20.6. The Bertz CT molecular complexity index is 1270. The van der Waals surface area contributed by atoms with Crippen LogP contribution in [-0.2, 0) is 11.4 Å². The first-order valence-corrected chi connectivity index (χ1v) is 12.8. The highest BCUT2D eigenvalue weighted by atomic mass is 19.1. The molecule has 0 spiro atoms. The maximum Gasteiger partial charge on any atom is 0.303 e. The summed E-state index contributed by atoms with van der Waals surface area (Å²) in [4.78, 5) is 11.3. The van der Waals surface area contributed by atoms with Crippen molar-refractivity contribution < 1.29 is 28.9 Å². The lowest BCUT2D eigenvalue weighted by atomic mass is 9.79. The Labute approximate surface area is 224 Å². The van der Waals surface area contributed by atoms with E-state index < -0.39 is 23.3 Å². The van der Waals surface area contributed by atoms with E-state index in [0.29, 0.717) is 28.2 Å². The van der Waals surface area contributed by atoms with Gasteiger partial charge in [0.25, 0.3) is 0 Å². The second-order valence-electron chi connectivity index (χ2n) is 10.1. The van der Waals surface area contributed by atoms with E-state index in [1.54, 1.807) is 24.3 Å². The van der Waals surface area contributed by atoms with Gasteiger partial charge >= 0.3 is 5.97 Å². The molecule has 2 atom stereocenters. The highest BCUT2D eigenvalue weighted by molar-refractivity contribution is 5.71. The van der Waals surface area contributed by atoms with E-state index in [1.807, 2.05) is 57.2 Å². The summed E-state index contributed by atoms with van der Waals surface area (Å²) < 4.78 is 26.3. The molecule has 0 radical (unpaired) electrons. The van der Waals surface area contributed by atoms with Crippen molar-refractivity contribution in [3.63, 3.8) is 0 Å². The number of carboxylic acids is 1. The molecule has 3 rings (SSSR count). The molecule has 0 heterocycles. The van der Waals surface area contributed by atoms with Crippen molar-refractivity contribution >= 4 is 5.97 Å². The van der Waals surface area contributed by atoms with Gasteiger partial charge in [-0.2, -0.15) is 0 Å². The lowest BCUT2D eigenvalue weighted by molar-refractivity contribution is -0.137. The predicted molar refractivity (Wildman–Crippen MR) is 148 cm³/mol. The monoisotopic (exact) mass is 520 g/mol. The molecule has 0 fully saturated rings. The summed E-state index contributed by atoms with van der Waals surface area (Å²) >= 11 is 0. The minimum atomic E-state index is -0.949. The largest absolute Gasteiger partial charge is 0.497 e. The smallest absolute Gasteiger partial charge is 0.303 e. The number of hydrogen-bond acceptors (Lipinski definition) is 4. The first kappa shape index (κ1) is 28.9. The SMILES string of the molecule is C=CC(C)(C)[C@H](O)c1cc(COc2cccc([C@H](CCC)CC(=O)O)c2)ccc1-c1cc(OC)ccc1F. The summed E-state index contributed by atoms with van der Waals surface area (Å²) in [5.41, 5.74) is 2.51. The number of carbonyl (C=O) groups is 1. The third kappa shape index (κ3) is 7.01. The second-order valence-corrected chi connectivity index (χ2v) is 10.1. The van der Waals surface area contributed by atoms with E-state index in [9.17, 15) is 19.4 Å². The molecule has 0 unspecified atom stereocenters. The van der Waals surface area contributed by atoms with Crippen molar-refractivity contribution in [2.24, 2.45) is 5.41 Å². The Hall–Kier alpha value is -3.64. The van der Waals surface area contributed by atoms with Gasteiger partial charge in [0.05, 0.1) is 19.6 Å². The number of benzene rings is 3. The third-order valence-corrected chi connectivity index (χ3v) is 6.90. The van der Waals surface area contributed by atoms with Crippen LogP contribution in [0.4, 0.5) is 4.39 Å². The number of rotatable bonds is 13. The number of ether oxygens (including phenoxy) is 2. The van der Waals surface area contributed by atoms with Crippen LogP contribution in [0.5, 0.6) is 11.5 Å². The summed E-state index contributed by atoms with van der Waals surface area (Å²) in [6, 6.07) is 17.5. The normalized spacial score (nSPS) is 13.0. The molecule has 0 aliphatic heterocycles. The van der Waals surface area contributed by atoms with Crippen molar-refractivity contribution in [2.75, 3.05) is 7.11 Å². The molecule has 0 bridgehead atoms. The maximum absolute atomic E-state index is 14.9. The number of aliphatic carboxylic acids is 1. The molecule has 0 saturated carbocycles. The van der Waals surface area contributed by atoms with Crippen LogP contribution in [0, 0.1) is 11.2 Å². The fourth-order valence-corrected chi connectivity index (χ4v) is 4.49. The standard InChI is InChI=1S/C32H37FO5/c1-6-9-22(18-30(34)35)23-10-8-11-25(17-23)38-20-21-12-14-26(27-19-24(37-5)13-15-29(27)33)28(16-21)31(36)32(3,4)7-2/h7-8,10-17,19,22,31,36H,2,6,9,18,20H2,1,3-5H3,(H,34,35)/t22-,31-/m1/s1. The van der Waals surface area contributed by atoms with Crippen molar-refractivity contribution in [1.82, 2.24) is 0 Å². The van der Waals surface area contributed by atoms with Crippen molar-refractivity contribution in [1.29, 1.82) is 0 Å². The molecule has 202 valence electrons. The van der Waals surface area contributed by atoms with Gasteiger partial charge in [-0.05, 0) is 71.0 Å². The van der Waals surface area contributed by atoms with Gasteiger partial charge in [0.15, 0.2) is 0 Å². The fourth-order valence-electron chi connectivity index (χ4n) is 4.49. The zero-order valence-electron chi connectivity index (χ0n) is 22.5. The first-order chi connectivity index (χ1) is 18.1. The molecule has 0 aromatic heterocycles. The van der Waals surface area contributed by atoms with Crippen molar-refractivity contribution in [2.45, 2.75) is 58.7 Å². The second kappa shape index (κ2) is 12.7. The first-order valence-electron chi connectivity index (χ1n) is 12.8. The predicted octanol–water partition coefficient (Wildman–Crippen LogP) is 7.68. The summed E-state index contributed by atoms with van der Waals surface area (Å²) in [5.74, 6) is -0.178. The average molecular weight is 521 g/mol. The van der Waals surface area contributed by atoms with Gasteiger partial charge in [0, 0.05) is 11.0 Å². The highest BCUT2D eigenvalue weighted by Crippen LogP contribution is 2.41. The van der Waals surface area contributed by atoms with Crippen LogP contribution in [0.2, 0.25) is 0 Å². The van der Waals surface area contributed by atoms with E-state index >= 15 is 0 Å². The van der Waals surface area contributed by atoms with Gasteiger partial charge in [-0.15, -0.1) is 6.58 Å². The summed E-state index contributed by atoms with van der Waals surface area (Å²) in [6.07, 6.45) is 2.46. The quantitative estimate of drug-likeness (QED) is 0.226. The molecule has 2 N–H and O–H groups in total. The number of aliphatic hydroxyl groups is 1. The van der Waals surface area contributed by atoms with Gasteiger partial charge in [-0.1, -0.05) is 57.5 Å². The van der Waals surface area contributed by atoms with Gasteiger partial charge in [0.2, 0.25) is 0 Å². The Morgan fingerprint density at radius 2 is 1.84 bits per heavy atom. The van der Waals surface area contributed by atoms with Crippen LogP contribution >= 0.6 is 0 Å². The van der Waals surface area contributed by atoms with Crippen LogP contribution in [0.3, 0.4) is 0 Å². The molecule has 0 saturated heterocycles. The lowest BCUT2D eigenvalue weighted by Gasteiger charge is -2.29. The van der Waals surface area contributed by atoms with Crippen LogP contribution in [0.1, 0.15) is 68.7 Å². The van der Waals surface area contributed by atoms with E-state index in [-0.39, 0.29) is 18.9 Å². The minimum absolute atomic E-state index is 0.0694. The Morgan fingerprint density at radius 1 is 1.08 bits per heavy atom. The molecular weight excluding hydrogens is 483 g/mol. The van der Waals surface area contributed by atoms with Crippen LogP contribution in [-0.4, -0.2) is 23.3 Å². The molecule has 6 heteroatoms.